The Morgan fingerprint density at radius 3 is 2.55 bits per heavy atom. The van der Waals surface area contributed by atoms with Gasteiger partial charge in [-0.1, -0.05) is 12.1 Å². The van der Waals surface area contributed by atoms with E-state index in [-0.39, 0.29) is 40.3 Å². The minimum Gasteiger partial charge on any atom is -0.507 e. The molecule has 2 saturated heterocycles. The monoisotopic (exact) mass is 613 g/mol. The number of Topliss-reactive ketones (excluding diaryl/α,β-unsaturated/α-hetero) is 1. The maximum Gasteiger partial charge on any atom is 0.202 e. The van der Waals surface area contributed by atoms with Crippen molar-refractivity contribution in [2.45, 2.75) is 69.0 Å². The average Bonchev–Trinajstić information content (AvgIpc) is 3.02. The van der Waals surface area contributed by atoms with Crippen LogP contribution < -0.4 is 10.1 Å². The van der Waals surface area contributed by atoms with Gasteiger partial charge in [-0.2, -0.15) is 0 Å². The third kappa shape index (κ3) is 5.08. The molecule has 0 spiro atoms. The number of phenols is 2. The van der Waals surface area contributed by atoms with Crippen LogP contribution in [0, 0.1) is 0 Å². The second-order valence-corrected chi connectivity index (χ2v) is 11.5. The van der Waals surface area contributed by atoms with Gasteiger partial charge in [0.05, 0.1) is 55.3 Å². The largest absolute Gasteiger partial charge is 0.507 e. The highest BCUT2D eigenvalue weighted by molar-refractivity contribution is 6.31. The molecule has 0 saturated carbocycles. The van der Waals surface area contributed by atoms with Crippen LogP contribution in [0.2, 0.25) is 0 Å². The van der Waals surface area contributed by atoms with Gasteiger partial charge in [-0.15, -0.1) is 0 Å². The minimum absolute atomic E-state index is 0.0295. The zero-order valence-corrected chi connectivity index (χ0v) is 24.3. The summed E-state index contributed by atoms with van der Waals surface area (Å²) in [5.74, 6) is -3.56. The SMILES string of the molecule is COc1cccc2c1C(=O)c1c(O)c3c(c(O)c1C2=O)C[C@@](O)(C(=O)CO)C[C@@H]3OC1CC[C@H](OC2COCCN2)[C@H](C)O1. The predicted molar refractivity (Wildman–Crippen MR) is 150 cm³/mol. The van der Waals surface area contributed by atoms with Gasteiger partial charge >= 0.3 is 0 Å². The molecule has 2 heterocycles. The molecule has 4 aliphatic rings. The minimum atomic E-state index is -2.20. The zero-order chi connectivity index (χ0) is 31.3. The molecule has 2 unspecified atom stereocenters. The van der Waals surface area contributed by atoms with Crippen LogP contribution in [-0.2, 0) is 30.2 Å². The molecule has 0 aromatic heterocycles. The third-order valence-electron chi connectivity index (χ3n) is 8.86. The molecule has 6 atom stereocenters. The molecule has 2 aromatic rings. The Labute approximate surface area is 252 Å². The molecular weight excluding hydrogens is 578 g/mol. The first kappa shape index (κ1) is 30.6. The highest BCUT2D eigenvalue weighted by atomic mass is 16.7. The summed E-state index contributed by atoms with van der Waals surface area (Å²) < 4.78 is 29.2. The molecule has 5 N–H and O–H groups in total. The number of hydrogen-bond donors (Lipinski definition) is 5. The molecule has 236 valence electrons. The van der Waals surface area contributed by atoms with Crippen LogP contribution in [0.25, 0.3) is 0 Å². The summed E-state index contributed by atoms with van der Waals surface area (Å²) in [7, 11) is 1.34. The van der Waals surface area contributed by atoms with Crippen LogP contribution in [0.4, 0.5) is 0 Å². The first-order chi connectivity index (χ1) is 21.1. The Morgan fingerprint density at radius 2 is 1.86 bits per heavy atom. The fourth-order valence-electron chi connectivity index (χ4n) is 6.63. The molecule has 0 amide bonds. The molecule has 2 aliphatic heterocycles. The number of benzene rings is 2. The van der Waals surface area contributed by atoms with E-state index in [2.05, 4.69) is 5.32 Å². The number of nitrogens with one attached hydrogen (secondary N) is 1. The number of phenolic OH excluding ortho intramolecular Hbond substituents is 2. The molecule has 2 aromatic carbocycles. The summed E-state index contributed by atoms with van der Waals surface area (Å²) in [6.45, 7) is 2.51. The van der Waals surface area contributed by atoms with Gasteiger partial charge in [0.1, 0.15) is 35.7 Å². The number of aliphatic hydroxyl groups excluding tert-OH is 1. The average molecular weight is 614 g/mol. The number of methoxy groups -OCH3 is 1. The number of hydrogen-bond acceptors (Lipinski definition) is 13. The van der Waals surface area contributed by atoms with E-state index in [1.165, 1.54) is 25.3 Å². The Balaban J connectivity index is 1.36. The lowest BCUT2D eigenvalue weighted by molar-refractivity contribution is -0.258. The van der Waals surface area contributed by atoms with E-state index in [4.69, 9.17) is 23.7 Å². The van der Waals surface area contributed by atoms with Crippen LogP contribution in [0.3, 0.4) is 0 Å². The summed E-state index contributed by atoms with van der Waals surface area (Å²) in [5, 5.41) is 47.4. The number of aromatic hydroxyl groups is 2. The molecular formula is C31H35NO12. The summed E-state index contributed by atoms with van der Waals surface area (Å²) in [6, 6.07) is 4.43. The zero-order valence-electron chi connectivity index (χ0n) is 24.3. The van der Waals surface area contributed by atoms with E-state index in [0.29, 0.717) is 32.6 Å². The van der Waals surface area contributed by atoms with Crippen LogP contribution in [-0.4, -0.2) is 102 Å². The molecule has 44 heavy (non-hydrogen) atoms. The van der Waals surface area contributed by atoms with Crippen molar-refractivity contribution in [3.63, 3.8) is 0 Å². The van der Waals surface area contributed by atoms with Crippen LogP contribution >= 0.6 is 0 Å². The highest BCUT2D eigenvalue weighted by Crippen LogP contribution is 2.52. The number of carbonyl (C=O) groups is 3. The van der Waals surface area contributed by atoms with Crippen molar-refractivity contribution in [2.75, 3.05) is 33.5 Å². The molecule has 6 rings (SSSR count). The summed E-state index contributed by atoms with van der Waals surface area (Å²) >= 11 is 0. The van der Waals surface area contributed by atoms with Crippen LogP contribution in [0.15, 0.2) is 18.2 Å². The number of morpholine rings is 1. The summed E-state index contributed by atoms with van der Waals surface area (Å²) in [4.78, 5) is 40.2. The Bertz CT molecular complexity index is 1500. The van der Waals surface area contributed by atoms with Crippen molar-refractivity contribution in [3.05, 3.63) is 51.6 Å². The fourth-order valence-corrected chi connectivity index (χ4v) is 6.63. The molecule has 13 nitrogen and oxygen atoms in total. The van der Waals surface area contributed by atoms with Gasteiger partial charge in [0, 0.05) is 42.5 Å². The smallest absolute Gasteiger partial charge is 0.202 e. The molecule has 2 fully saturated rings. The lowest BCUT2D eigenvalue weighted by Crippen LogP contribution is -2.50. The van der Waals surface area contributed by atoms with Crippen LogP contribution in [0.5, 0.6) is 17.2 Å². The molecule has 13 heteroatoms. The van der Waals surface area contributed by atoms with Crippen molar-refractivity contribution in [1.29, 1.82) is 0 Å². The Hall–Kier alpha value is -3.43. The normalized spacial score (nSPS) is 29.9. The number of carbonyl (C=O) groups excluding carboxylic acids is 3. The maximum absolute atomic E-state index is 13.8. The van der Waals surface area contributed by atoms with Gasteiger partial charge in [-0.3, -0.25) is 19.7 Å². The van der Waals surface area contributed by atoms with E-state index in [9.17, 15) is 34.8 Å². The van der Waals surface area contributed by atoms with E-state index in [1.54, 1.807) is 0 Å². The first-order valence-corrected chi connectivity index (χ1v) is 14.6. The van der Waals surface area contributed by atoms with Crippen molar-refractivity contribution < 1.29 is 58.5 Å². The number of ketones is 3. The third-order valence-corrected chi connectivity index (χ3v) is 8.86. The predicted octanol–water partition coefficient (Wildman–Crippen LogP) is 1.03. The Morgan fingerprint density at radius 1 is 1.09 bits per heavy atom. The number of aliphatic hydroxyl groups is 2. The van der Waals surface area contributed by atoms with Crippen molar-refractivity contribution in [2.24, 2.45) is 0 Å². The fraction of sp³-hybridized carbons (Fsp3) is 0.516. The van der Waals surface area contributed by atoms with Gasteiger partial charge < -0.3 is 44.1 Å². The quantitative estimate of drug-likeness (QED) is 0.238. The lowest BCUT2D eigenvalue weighted by atomic mass is 9.72. The van der Waals surface area contributed by atoms with E-state index in [0.717, 1.165) is 0 Å². The lowest BCUT2D eigenvalue weighted by Gasteiger charge is -2.42. The maximum atomic E-state index is 13.8. The van der Waals surface area contributed by atoms with Gasteiger partial charge in [-0.05, 0) is 19.4 Å². The Kier molecular flexibility index (Phi) is 8.22. The van der Waals surface area contributed by atoms with Crippen molar-refractivity contribution in [3.8, 4) is 17.2 Å². The van der Waals surface area contributed by atoms with Gasteiger partial charge in [0.25, 0.3) is 0 Å². The molecule has 2 aliphatic carbocycles. The van der Waals surface area contributed by atoms with E-state index in [1.807, 2.05) is 6.92 Å². The van der Waals surface area contributed by atoms with Gasteiger partial charge in [0.2, 0.25) is 5.78 Å². The summed E-state index contributed by atoms with van der Waals surface area (Å²) in [6.07, 6.45) is -3.18. The first-order valence-electron chi connectivity index (χ1n) is 14.6. The molecule has 0 bridgehead atoms. The topological polar surface area (TPSA) is 190 Å². The van der Waals surface area contributed by atoms with E-state index < -0.39 is 83.5 Å². The summed E-state index contributed by atoms with van der Waals surface area (Å²) in [5.41, 5.74) is -3.35. The number of fused-ring (bicyclic) bond motifs is 3. The second kappa shape index (κ2) is 11.8. The van der Waals surface area contributed by atoms with Crippen molar-refractivity contribution >= 4 is 17.3 Å². The van der Waals surface area contributed by atoms with E-state index >= 15 is 0 Å². The van der Waals surface area contributed by atoms with Gasteiger partial charge in [0.15, 0.2) is 17.9 Å². The van der Waals surface area contributed by atoms with Gasteiger partial charge in [-0.25, -0.2) is 0 Å². The number of rotatable bonds is 7. The highest BCUT2D eigenvalue weighted by Gasteiger charge is 2.50. The standard InChI is InChI=1S/C31H35NO12/c1-14-17(43-21-13-41-9-8-32-21)6-7-22(42-14)44-19-11-31(39,20(34)12-33)10-16-24(19)30(38)26-25(28(16)36)27(35)15-4-3-5-18(40-2)23(15)29(26)37/h3-5,14,17,19,21-22,32-33,36,38-39H,6-13H2,1-2H3/t14-,17-,19-,21?,22?,31-/m0/s1. The molecule has 0 radical (unpaired) electrons. The number of ether oxygens (including phenoxy) is 5. The van der Waals surface area contributed by atoms with Crippen LogP contribution in [0.1, 0.15) is 75.3 Å². The van der Waals surface area contributed by atoms with Crippen molar-refractivity contribution in [1.82, 2.24) is 5.32 Å². The second-order valence-electron chi connectivity index (χ2n) is 11.5.